The standard InChI is InChI=1S/C13H24N4/c1-13(2,14)10-16(3)8-11-9-17-7-5-4-6-12(17)15-11/h9H,4-8,10,14H2,1-3H3. The Morgan fingerprint density at radius 1 is 1.47 bits per heavy atom. The molecule has 0 fully saturated rings. The predicted octanol–water partition coefficient (Wildman–Crippen LogP) is 1.39. The molecule has 4 nitrogen and oxygen atoms in total. The lowest BCUT2D eigenvalue weighted by Gasteiger charge is -2.25. The summed E-state index contributed by atoms with van der Waals surface area (Å²) in [6, 6.07) is 0. The van der Waals surface area contributed by atoms with Crippen LogP contribution in [-0.4, -0.2) is 33.6 Å². The lowest BCUT2D eigenvalue weighted by Crippen LogP contribution is -2.43. The second-order valence-corrected chi connectivity index (χ2v) is 5.96. The van der Waals surface area contributed by atoms with Crippen LogP contribution in [0.2, 0.25) is 0 Å². The monoisotopic (exact) mass is 236 g/mol. The van der Waals surface area contributed by atoms with Gasteiger partial charge in [-0.3, -0.25) is 4.90 Å². The zero-order valence-corrected chi connectivity index (χ0v) is 11.2. The van der Waals surface area contributed by atoms with Crippen LogP contribution in [0.5, 0.6) is 0 Å². The second-order valence-electron chi connectivity index (χ2n) is 5.96. The molecule has 4 heteroatoms. The zero-order valence-electron chi connectivity index (χ0n) is 11.2. The summed E-state index contributed by atoms with van der Waals surface area (Å²) in [6.07, 6.45) is 5.90. The van der Waals surface area contributed by atoms with Crippen LogP contribution in [0.25, 0.3) is 0 Å². The number of fused-ring (bicyclic) bond motifs is 1. The Bertz CT molecular complexity index is 352. The molecule has 1 aliphatic heterocycles. The fraction of sp³-hybridized carbons (Fsp3) is 0.769. The zero-order chi connectivity index (χ0) is 12.5. The lowest BCUT2D eigenvalue weighted by molar-refractivity contribution is 0.261. The van der Waals surface area contributed by atoms with Gasteiger partial charge in [0.1, 0.15) is 5.82 Å². The molecule has 0 aliphatic carbocycles. The van der Waals surface area contributed by atoms with Crippen LogP contribution in [0.15, 0.2) is 6.20 Å². The maximum atomic E-state index is 6.02. The van der Waals surface area contributed by atoms with Crippen LogP contribution in [0, 0.1) is 0 Å². The third kappa shape index (κ3) is 3.54. The first-order valence-corrected chi connectivity index (χ1v) is 6.46. The van der Waals surface area contributed by atoms with Crippen molar-refractivity contribution < 1.29 is 0 Å². The van der Waals surface area contributed by atoms with E-state index in [0.29, 0.717) is 0 Å². The summed E-state index contributed by atoms with van der Waals surface area (Å²) < 4.78 is 2.31. The van der Waals surface area contributed by atoms with Gasteiger partial charge in [-0.05, 0) is 33.7 Å². The molecule has 0 radical (unpaired) electrons. The van der Waals surface area contributed by atoms with Gasteiger partial charge in [-0.15, -0.1) is 0 Å². The van der Waals surface area contributed by atoms with E-state index in [4.69, 9.17) is 10.7 Å². The Morgan fingerprint density at radius 3 is 2.88 bits per heavy atom. The molecule has 0 atom stereocenters. The van der Waals surface area contributed by atoms with Gasteiger partial charge in [0, 0.05) is 37.8 Å². The predicted molar refractivity (Wildman–Crippen MR) is 69.8 cm³/mol. The minimum atomic E-state index is -0.145. The molecule has 96 valence electrons. The normalized spacial score (nSPS) is 16.3. The molecule has 0 saturated heterocycles. The van der Waals surface area contributed by atoms with Gasteiger partial charge in [0.05, 0.1) is 5.69 Å². The lowest BCUT2D eigenvalue weighted by atomic mass is 10.1. The van der Waals surface area contributed by atoms with Gasteiger partial charge in [0.2, 0.25) is 0 Å². The molecule has 0 saturated carbocycles. The van der Waals surface area contributed by atoms with Gasteiger partial charge in [-0.1, -0.05) is 0 Å². The molecule has 0 aromatic carbocycles. The van der Waals surface area contributed by atoms with E-state index < -0.39 is 0 Å². The van der Waals surface area contributed by atoms with Gasteiger partial charge >= 0.3 is 0 Å². The topological polar surface area (TPSA) is 47.1 Å². The Morgan fingerprint density at radius 2 is 2.24 bits per heavy atom. The number of hydrogen-bond donors (Lipinski definition) is 1. The van der Waals surface area contributed by atoms with Gasteiger partial charge in [0.25, 0.3) is 0 Å². The number of rotatable bonds is 4. The molecule has 1 aliphatic rings. The summed E-state index contributed by atoms with van der Waals surface area (Å²) in [5, 5.41) is 0. The average Bonchev–Trinajstić information content (AvgIpc) is 2.55. The summed E-state index contributed by atoms with van der Waals surface area (Å²) in [5.41, 5.74) is 7.05. The largest absolute Gasteiger partial charge is 0.335 e. The average molecular weight is 236 g/mol. The smallest absolute Gasteiger partial charge is 0.109 e. The molecular weight excluding hydrogens is 212 g/mol. The number of nitrogens with zero attached hydrogens (tertiary/aromatic N) is 3. The highest BCUT2D eigenvalue weighted by Crippen LogP contribution is 2.15. The van der Waals surface area contributed by atoms with Crippen molar-refractivity contribution >= 4 is 0 Å². The van der Waals surface area contributed by atoms with Crippen LogP contribution in [-0.2, 0) is 19.5 Å². The maximum Gasteiger partial charge on any atom is 0.109 e. The van der Waals surface area contributed by atoms with E-state index in [0.717, 1.165) is 26.1 Å². The van der Waals surface area contributed by atoms with Gasteiger partial charge < -0.3 is 10.3 Å². The highest BCUT2D eigenvalue weighted by molar-refractivity contribution is 5.06. The van der Waals surface area contributed by atoms with Gasteiger partial charge in [-0.2, -0.15) is 0 Å². The minimum Gasteiger partial charge on any atom is -0.335 e. The highest BCUT2D eigenvalue weighted by Gasteiger charge is 2.16. The first kappa shape index (κ1) is 12.6. The molecule has 2 rings (SSSR count). The van der Waals surface area contributed by atoms with Crippen LogP contribution in [0.3, 0.4) is 0 Å². The summed E-state index contributed by atoms with van der Waals surface area (Å²) in [6.45, 7) is 7.02. The molecule has 17 heavy (non-hydrogen) atoms. The van der Waals surface area contributed by atoms with E-state index in [1.54, 1.807) is 0 Å². The molecule has 0 unspecified atom stereocenters. The van der Waals surface area contributed by atoms with E-state index in [1.807, 2.05) is 0 Å². The summed E-state index contributed by atoms with van der Waals surface area (Å²) in [7, 11) is 2.10. The van der Waals surface area contributed by atoms with Crippen molar-refractivity contribution in [3.63, 3.8) is 0 Å². The van der Waals surface area contributed by atoms with Gasteiger partial charge in [-0.25, -0.2) is 4.98 Å². The van der Waals surface area contributed by atoms with Crippen molar-refractivity contribution in [2.45, 2.75) is 51.7 Å². The maximum absolute atomic E-state index is 6.02. The molecule has 0 spiro atoms. The minimum absolute atomic E-state index is 0.145. The van der Waals surface area contributed by atoms with Gasteiger partial charge in [0.15, 0.2) is 0 Å². The number of hydrogen-bond acceptors (Lipinski definition) is 3. The third-order valence-corrected chi connectivity index (χ3v) is 3.07. The van der Waals surface area contributed by atoms with Crippen molar-refractivity contribution in [2.75, 3.05) is 13.6 Å². The Labute approximate surface area is 104 Å². The van der Waals surface area contributed by atoms with Crippen molar-refractivity contribution in [2.24, 2.45) is 5.73 Å². The Hall–Kier alpha value is -0.870. The fourth-order valence-corrected chi connectivity index (χ4v) is 2.58. The van der Waals surface area contributed by atoms with Crippen molar-refractivity contribution in [1.29, 1.82) is 0 Å². The van der Waals surface area contributed by atoms with E-state index in [9.17, 15) is 0 Å². The number of likely N-dealkylation sites (N-methyl/N-ethyl adjacent to an activating group) is 1. The van der Waals surface area contributed by atoms with Crippen LogP contribution < -0.4 is 5.73 Å². The van der Waals surface area contributed by atoms with E-state index >= 15 is 0 Å². The Kier molecular flexibility index (Phi) is 3.54. The number of imidazole rings is 1. The first-order valence-electron chi connectivity index (χ1n) is 6.46. The SMILES string of the molecule is CN(Cc1cn2c(n1)CCCC2)CC(C)(C)N. The number of nitrogens with two attached hydrogens (primary N) is 1. The quantitative estimate of drug-likeness (QED) is 0.859. The van der Waals surface area contributed by atoms with E-state index in [1.165, 1.54) is 24.4 Å². The molecular formula is C13H24N4. The molecule has 1 aromatic heterocycles. The summed E-state index contributed by atoms with van der Waals surface area (Å²) in [4.78, 5) is 6.95. The second kappa shape index (κ2) is 4.78. The third-order valence-electron chi connectivity index (χ3n) is 3.07. The van der Waals surface area contributed by atoms with Crippen LogP contribution >= 0.6 is 0 Å². The Balaban J connectivity index is 1.97. The number of aryl methyl sites for hydroxylation is 2. The first-order chi connectivity index (χ1) is 7.94. The molecule has 0 amide bonds. The van der Waals surface area contributed by atoms with Crippen molar-refractivity contribution in [3.05, 3.63) is 17.7 Å². The van der Waals surface area contributed by atoms with E-state index in [2.05, 4.69) is 36.6 Å². The number of aromatic nitrogens is 2. The molecule has 2 heterocycles. The molecule has 1 aromatic rings. The molecule has 0 bridgehead atoms. The summed E-state index contributed by atoms with van der Waals surface area (Å²) in [5.74, 6) is 1.26. The van der Waals surface area contributed by atoms with Crippen LogP contribution in [0.4, 0.5) is 0 Å². The van der Waals surface area contributed by atoms with Crippen LogP contribution in [0.1, 0.15) is 38.2 Å². The van der Waals surface area contributed by atoms with Crippen molar-refractivity contribution in [1.82, 2.24) is 14.5 Å². The van der Waals surface area contributed by atoms with E-state index in [-0.39, 0.29) is 5.54 Å². The molecule has 2 N–H and O–H groups in total. The highest BCUT2D eigenvalue weighted by atomic mass is 15.1. The van der Waals surface area contributed by atoms with Crippen molar-refractivity contribution in [3.8, 4) is 0 Å². The fourth-order valence-electron chi connectivity index (χ4n) is 2.58. The summed E-state index contributed by atoms with van der Waals surface area (Å²) >= 11 is 0.